The Bertz CT molecular complexity index is 489. The number of nitrogens with one attached hydrogen (secondary N) is 1. The van der Waals surface area contributed by atoms with Gasteiger partial charge in [0.15, 0.2) is 0 Å². The first-order valence-corrected chi connectivity index (χ1v) is 7.10. The number of nitrogen functional groups attached to an aromatic ring is 1. The molecule has 1 aromatic rings. The predicted octanol–water partition coefficient (Wildman–Crippen LogP) is 1.33. The van der Waals surface area contributed by atoms with Crippen LogP contribution in [-0.4, -0.2) is 50.8 Å². The van der Waals surface area contributed by atoms with Crippen LogP contribution in [0.4, 0.5) is 11.4 Å². The molecule has 1 amide bonds. The van der Waals surface area contributed by atoms with E-state index in [4.69, 9.17) is 15.2 Å². The average molecular weight is 293 g/mol. The Labute approximate surface area is 125 Å². The van der Waals surface area contributed by atoms with Crippen LogP contribution in [-0.2, 0) is 9.53 Å². The molecule has 1 aromatic carbocycles. The zero-order valence-corrected chi connectivity index (χ0v) is 12.6. The third-order valence-electron chi connectivity index (χ3n) is 3.49. The van der Waals surface area contributed by atoms with E-state index in [0.29, 0.717) is 36.3 Å². The second kappa shape index (κ2) is 7.28. The summed E-state index contributed by atoms with van der Waals surface area (Å²) in [4.78, 5) is 14.3. The summed E-state index contributed by atoms with van der Waals surface area (Å²) >= 11 is 0. The van der Waals surface area contributed by atoms with Gasteiger partial charge in [-0.1, -0.05) is 0 Å². The lowest BCUT2D eigenvalue weighted by molar-refractivity contribution is -0.117. The van der Waals surface area contributed by atoms with Gasteiger partial charge in [0, 0.05) is 31.5 Å². The Kier molecular flexibility index (Phi) is 5.41. The van der Waals surface area contributed by atoms with Gasteiger partial charge in [-0.05, 0) is 25.0 Å². The van der Waals surface area contributed by atoms with E-state index in [9.17, 15) is 4.79 Å². The lowest BCUT2D eigenvalue weighted by Gasteiger charge is -2.21. The summed E-state index contributed by atoms with van der Waals surface area (Å²) < 4.78 is 10.3. The predicted molar refractivity (Wildman–Crippen MR) is 82.5 cm³/mol. The molecular weight excluding hydrogens is 270 g/mol. The van der Waals surface area contributed by atoms with Gasteiger partial charge >= 0.3 is 0 Å². The van der Waals surface area contributed by atoms with Crippen LogP contribution in [0.15, 0.2) is 18.2 Å². The second-order valence-electron chi connectivity index (χ2n) is 5.20. The first-order chi connectivity index (χ1) is 10.1. The van der Waals surface area contributed by atoms with Crippen LogP contribution in [0.1, 0.15) is 12.8 Å². The van der Waals surface area contributed by atoms with Crippen molar-refractivity contribution in [2.24, 2.45) is 0 Å². The lowest BCUT2D eigenvalue weighted by atomic mass is 10.2. The maximum absolute atomic E-state index is 12.2. The molecule has 1 saturated carbocycles. The molecule has 3 N–H and O–H groups in total. The van der Waals surface area contributed by atoms with Gasteiger partial charge in [-0.3, -0.25) is 9.69 Å². The van der Waals surface area contributed by atoms with Crippen molar-refractivity contribution >= 4 is 17.3 Å². The van der Waals surface area contributed by atoms with E-state index in [-0.39, 0.29) is 5.91 Å². The minimum absolute atomic E-state index is 0.0546. The highest BCUT2D eigenvalue weighted by Crippen LogP contribution is 2.28. The van der Waals surface area contributed by atoms with Gasteiger partial charge in [-0.15, -0.1) is 0 Å². The summed E-state index contributed by atoms with van der Waals surface area (Å²) in [6, 6.07) is 5.70. The Morgan fingerprint density at radius 1 is 1.43 bits per heavy atom. The van der Waals surface area contributed by atoms with Crippen molar-refractivity contribution in [1.29, 1.82) is 0 Å². The number of nitrogens with zero attached hydrogens (tertiary/aromatic N) is 1. The van der Waals surface area contributed by atoms with Gasteiger partial charge < -0.3 is 20.5 Å². The fraction of sp³-hybridized carbons (Fsp3) is 0.533. The molecule has 1 fully saturated rings. The van der Waals surface area contributed by atoms with Crippen LogP contribution >= 0.6 is 0 Å². The van der Waals surface area contributed by atoms with E-state index < -0.39 is 0 Å². The van der Waals surface area contributed by atoms with Gasteiger partial charge in [-0.2, -0.15) is 0 Å². The van der Waals surface area contributed by atoms with E-state index in [2.05, 4.69) is 10.2 Å². The van der Waals surface area contributed by atoms with Crippen LogP contribution in [0.5, 0.6) is 5.75 Å². The number of amides is 1. The normalized spacial score (nSPS) is 14.2. The standard InChI is InChI=1S/C15H23N3O3/c1-20-8-7-18(12-4-5-12)10-15(19)17-13-6-3-11(16)9-14(13)21-2/h3,6,9,12H,4-5,7-8,10,16H2,1-2H3,(H,17,19). The quantitative estimate of drug-likeness (QED) is 0.707. The highest BCUT2D eigenvalue weighted by Gasteiger charge is 2.30. The average Bonchev–Trinajstić information content (AvgIpc) is 3.30. The third-order valence-corrected chi connectivity index (χ3v) is 3.49. The topological polar surface area (TPSA) is 76.8 Å². The number of hydrogen-bond acceptors (Lipinski definition) is 5. The van der Waals surface area contributed by atoms with Crippen LogP contribution < -0.4 is 15.8 Å². The first kappa shape index (κ1) is 15.6. The zero-order chi connectivity index (χ0) is 15.2. The van der Waals surface area contributed by atoms with Crippen molar-refractivity contribution in [2.75, 3.05) is 45.0 Å². The number of carbonyl (C=O) groups is 1. The van der Waals surface area contributed by atoms with Crippen LogP contribution in [0, 0.1) is 0 Å². The molecule has 0 saturated heterocycles. The molecule has 0 unspecified atom stereocenters. The van der Waals surface area contributed by atoms with Crippen molar-refractivity contribution in [3.05, 3.63) is 18.2 Å². The Morgan fingerprint density at radius 3 is 2.81 bits per heavy atom. The summed E-state index contributed by atoms with van der Waals surface area (Å²) in [5, 5.41) is 2.88. The smallest absolute Gasteiger partial charge is 0.238 e. The number of nitrogens with two attached hydrogens (primary N) is 1. The molecule has 0 aromatic heterocycles. The van der Waals surface area contributed by atoms with E-state index >= 15 is 0 Å². The van der Waals surface area contributed by atoms with E-state index in [1.165, 1.54) is 0 Å². The Balaban J connectivity index is 1.94. The van der Waals surface area contributed by atoms with E-state index in [0.717, 1.165) is 19.4 Å². The number of hydrogen-bond donors (Lipinski definition) is 2. The molecule has 6 heteroatoms. The number of carbonyl (C=O) groups excluding carboxylic acids is 1. The van der Waals surface area contributed by atoms with Gasteiger partial charge in [0.2, 0.25) is 5.91 Å². The molecule has 0 heterocycles. The van der Waals surface area contributed by atoms with Gasteiger partial charge in [0.1, 0.15) is 5.75 Å². The molecule has 0 aliphatic heterocycles. The third kappa shape index (κ3) is 4.61. The molecule has 0 atom stereocenters. The summed E-state index contributed by atoms with van der Waals surface area (Å²) in [6.07, 6.45) is 2.31. The summed E-state index contributed by atoms with van der Waals surface area (Å²) in [6.45, 7) is 1.77. The monoisotopic (exact) mass is 293 g/mol. The van der Waals surface area contributed by atoms with Crippen molar-refractivity contribution < 1.29 is 14.3 Å². The molecule has 1 aliphatic carbocycles. The molecule has 6 nitrogen and oxygen atoms in total. The number of benzene rings is 1. The van der Waals surface area contributed by atoms with Gasteiger partial charge in [0.05, 0.1) is 25.9 Å². The number of rotatable bonds is 8. The van der Waals surface area contributed by atoms with Gasteiger partial charge in [0.25, 0.3) is 0 Å². The fourth-order valence-corrected chi connectivity index (χ4v) is 2.22. The largest absolute Gasteiger partial charge is 0.494 e. The molecule has 0 spiro atoms. The van der Waals surface area contributed by atoms with E-state index in [1.807, 2.05) is 0 Å². The molecule has 1 aliphatic rings. The highest BCUT2D eigenvalue weighted by molar-refractivity contribution is 5.94. The summed E-state index contributed by atoms with van der Waals surface area (Å²) in [5.74, 6) is 0.513. The van der Waals surface area contributed by atoms with Crippen molar-refractivity contribution in [3.63, 3.8) is 0 Å². The van der Waals surface area contributed by atoms with Gasteiger partial charge in [-0.25, -0.2) is 0 Å². The van der Waals surface area contributed by atoms with Crippen LogP contribution in [0.25, 0.3) is 0 Å². The summed E-state index contributed by atoms with van der Waals surface area (Å²) in [5.41, 5.74) is 6.94. The molecular formula is C15H23N3O3. The highest BCUT2D eigenvalue weighted by atomic mass is 16.5. The fourth-order valence-electron chi connectivity index (χ4n) is 2.22. The zero-order valence-electron chi connectivity index (χ0n) is 12.6. The molecule has 2 rings (SSSR count). The van der Waals surface area contributed by atoms with Crippen LogP contribution in [0.2, 0.25) is 0 Å². The lowest BCUT2D eigenvalue weighted by Crippen LogP contribution is -2.37. The maximum Gasteiger partial charge on any atom is 0.238 e. The summed E-state index contributed by atoms with van der Waals surface area (Å²) in [7, 11) is 3.23. The minimum atomic E-state index is -0.0546. The Morgan fingerprint density at radius 2 is 2.19 bits per heavy atom. The molecule has 0 bridgehead atoms. The first-order valence-electron chi connectivity index (χ1n) is 7.10. The number of methoxy groups -OCH3 is 2. The molecule has 21 heavy (non-hydrogen) atoms. The second-order valence-corrected chi connectivity index (χ2v) is 5.20. The molecule has 116 valence electrons. The van der Waals surface area contributed by atoms with E-state index in [1.54, 1.807) is 32.4 Å². The number of ether oxygens (including phenoxy) is 2. The molecule has 0 radical (unpaired) electrons. The minimum Gasteiger partial charge on any atom is -0.494 e. The number of anilines is 2. The van der Waals surface area contributed by atoms with Crippen molar-refractivity contribution in [2.45, 2.75) is 18.9 Å². The Hall–Kier alpha value is -1.79. The van der Waals surface area contributed by atoms with Crippen molar-refractivity contribution in [3.8, 4) is 5.75 Å². The maximum atomic E-state index is 12.2. The van der Waals surface area contributed by atoms with Crippen molar-refractivity contribution in [1.82, 2.24) is 4.90 Å². The SMILES string of the molecule is COCCN(CC(=O)Nc1ccc(N)cc1OC)C1CC1. The van der Waals surface area contributed by atoms with Crippen LogP contribution in [0.3, 0.4) is 0 Å².